The van der Waals surface area contributed by atoms with Crippen LogP contribution >= 0.6 is 15.9 Å². The molecule has 0 amide bonds. The van der Waals surface area contributed by atoms with Crippen LogP contribution in [0.5, 0.6) is 0 Å². The topological polar surface area (TPSA) is 19.4 Å². The van der Waals surface area contributed by atoms with Gasteiger partial charge in [0, 0.05) is 32.4 Å². The highest BCUT2D eigenvalue weighted by atomic mass is 79.9. The zero-order valence-electron chi connectivity index (χ0n) is 9.20. The number of hydrogen-bond acceptors (Lipinski definition) is 3. The van der Waals surface area contributed by atoms with Gasteiger partial charge in [-0.2, -0.15) is 0 Å². The lowest BCUT2D eigenvalue weighted by atomic mass is 10.2. The van der Waals surface area contributed by atoms with Crippen molar-refractivity contribution in [1.82, 2.24) is 9.88 Å². The lowest BCUT2D eigenvalue weighted by molar-refractivity contribution is 0.312. The van der Waals surface area contributed by atoms with E-state index < -0.39 is 0 Å². The summed E-state index contributed by atoms with van der Waals surface area (Å²) >= 11 is 3.61. The maximum atomic E-state index is 4.45. The van der Waals surface area contributed by atoms with E-state index in [0.29, 0.717) is 0 Å². The second-order valence-corrected chi connectivity index (χ2v) is 4.85. The van der Waals surface area contributed by atoms with Crippen molar-refractivity contribution in [2.45, 2.75) is 6.92 Å². The number of nitrogens with zero attached hydrogens (tertiary/aromatic N) is 3. The zero-order valence-corrected chi connectivity index (χ0v) is 10.8. The molecule has 0 spiro atoms. The quantitative estimate of drug-likeness (QED) is 0.777. The fourth-order valence-corrected chi connectivity index (χ4v) is 2.25. The first-order valence-corrected chi connectivity index (χ1v) is 6.02. The van der Waals surface area contributed by atoms with Crippen molar-refractivity contribution in [1.29, 1.82) is 0 Å². The number of rotatable bonds is 1. The van der Waals surface area contributed by atoms with Crippen LogP contribution in [0.25, 0.3) is 0 Å². The molecule has 82 valence electrons. The highest BCUT2D eigenvalue weighted by Crippen LogP contribution is 2.27. The average molecular weight is 270 g/mol. The summed E-state index contributed by atoms with van der Waals surface area (Å²) in [5.74, 6) is 1.09. The van der Waals surface area contributed by atoms with Gasteiger partial charge in [-0.05, 0) is 41.5 Å². The lowest BCUT2D eigenvalue weighted by Crippen LogP contribution is -2.45. The third-order valence-electron chi connectivity index (χ3n) is 2.87. The van der Waals surface area contributed by atoms with E-state index in [9.17, 15) is 0 Å². The molecular formula is C11H16BrN3. The fourth-order valence-electron chi connectivity index (χ4n) is 1.76. The Morgan fingerprint density at radius 1 is 1.27 bits per heavy atom. The molecule has 1 aliphatic rings. The van der Waals surface area contributed by atoms with Gasteiger partial charge in [-0.15, -0.1) is 0 Å². The summed E-state index contributed by atoms with van der Waals surface area (Å²) in [4.78, 5) is 9.14. The Labute approximate surface area is 99.2 Å². The number of hydrogen-bond donors (Lipinski definition) is 0. The second kappa shape index (κ2) is 4.49. The molecule has 0 saturated carbocycles. The van der Waals surface area contributed by atoms with E-state index in [1.54, 1.807) is 0 Å². The van der Waals surface area contributed by atoms with Crippen LogP contribution in [0.15, 0.2) is 16.7 Å². The summed E-state index contributed by atoms with van der Waals surface area (Å²) in [6.07, 6.45) is 1.88. The molecule has 3 nitrogen and oxygen atoms in total. The molecule has 4 heteroatoms. The summed E-state index contributed by atoms with van der Waals surface area (Å²) in [7, 11) is 2.16. The minimum absolute atomic E-state index is 1.06. The Kier molecular flexibility index (Phi) is 3.26. The van der Waals surface area contributed by atoms with Crippen LogP contribution < -0.4 is 4.90 Å². The van der Waals surface area contributed by atoms with Crippen LogP contribution in [0.3, 0.4) is 0 Å². The van der Waals surface area contributed by atoms with Gasteiger partial charge in [0.05, 0.1) is 4.47 Å². The number of piperazine rings is 1. The summed E-state index contributed by atoms with van der Waals surface area (Å²) in [5, 5.41) is 0. The average Bonchev–Trinajstić information content (AvgIpc) is 2.24. The van der Waals surface area contributed by atoms with Crippen molar-refractivity contribution < 1.29 is 0 Å². The summed E-state index contributed by atoms with van der Waals surface area (Å²) in [6, 6.07) is 2.03. The van der Waals surface area contributed by atoms with Crippen LogP contribution in [-0.2, 0) is 0 Å². The second-order valence-electron chi connectivity index (χ2n) is 4.06. The van der Waals surface area contributed by atoms with E-state index >= 15 is 0 Å². The molecule has 2 rings (SSSR count). The molecule has 0 N–H and O–H groups in total. The van der Waals surface area contributed by atoms with Crippen molar-refractivity contribution in [3.05, 3.63) is 22.3 Å². The lowest BCUT2D eigenvalue weighted by Gasteiger charge is -2.33. The maximum absolute atomic E-state index is 4.45. The molecular weight excluding hydrogens is 254 g/mol. The van der Waals surface area contributed by atoms with Gasteiger partial charge in [-0.3, -0.25) is 0 Å². The molecule has 0 atom stereocenters. The molecule has 15 heavy (non-hydrogen) atoms. The Morgan fingerprint density at radius 2 is 1.93 bits per heavy atom. The standard InChI is InChI=1S/C11H16BrN3/c1-9-3-4-13-11(10(9)12)15-7-5-14(2)6-8-15/h3-4H,5-8H2,1-2H3. The molecule has 1 aliphatic heterocycles. The molecule has 1 saturated heterocycles. The van der Waals surface area contributed by atoms with Crippen LogP contribution in [0.4, 0.5) is 5.82 Å². The van der Waals surface area contributed by atoms with Gasteiger partial charge in [0.1, 0.15) is 5.82 Å². The monoisotopic (exact) mass is 269 g/mol. The Balaban J connectivity index is 2.19. The molecule has 0 radical (unpaired) electrons. The van der Waals surface area contributed by atoms with Gasteiger partial charge in [-0.25, -0.2) is 4.98 Å². The Morgan fingerprint density at radius 3 is 2.60 bits per heavy atom. The van der Waals surface area contributed by atoms with E-state index in [1.165, 1.54) is 5.56 Å². The van der Waals surface area contributed by atoms with E-state index in [-0.39, 0.29) is 0 Å². The van der Waals surface area contributed by atoms with Crippen molar-refractivity contribution >= 4 is 21.7 Å². The minimum Gasteiger partial charge on any atom is -0.353 e. The summed E-state index contributed by atoms with van der Waals surface area (Å²) in [5.41, 5.74) is 1.25. The predicted octanol–water partition coefficient (Wildman–Crippen LogP) is 1.90. The molecule has 1 fully saturated rings. The van der Waals surface area contributed by atoms with Gasteiger partial charge in [0.2, 0.25) is 0 Å². The molecule has 1 aromatic heterocycles. The third-order valence-corrected chi connectivity index (χ3v) is 3.85. The predicted molar refractivity (Wildman–Crippen MR) is 66.4 cm³/mol. The number of pyridine rings is 1. The first-order chi connectivity index (χ1) is 7.18. The number of aromatic nitrogens is 1. The smallest absolute Gasteiger partial charge is 0.143 e. The minimum atomic E-state index is 1.06. The first-order valence-electron chi connectivity index (χ1n) is 5.23. The number of anilines is 1. The molecule has 0 aromatic carbocycles. The number of halogens is 1. The van der Waals surface area contributed by atoms with Crippen LogP contribution in [0.2, 0.25) is 0 Å². The molecule has 0 unspecified atom stereocenters. The molecule has 2 heterocycles. The van der Waals surface area contributed by atoms with Crippen molar-refractivity contribution in [3.8, 4) is 0 Å². The van der Waals surface area contributed by atoms with Gasteiger partial charge in [-0.1, -0.05) is 0 Å². The van der Waals surface area contributed by atoms with Crippen LogP contribution in [0, 0.1) is 6.92 Å². The Bertz CT molecular complexity index is 346. The summed E-state index contributed by atoms with van der Waals surface area (Å²) in [6.45, 7) is 6.45. The van der Waals surface area contributed by atoms with Crippen LogP contribution in [-0.4, -0.2) is 43.1 Å². The number of likely N-dealkylation sites (N-methyl/N-ethyl adjacent to an activating group) is 1. The zero-order chi connectivity index (χ0) is 10.8. The maximum Gasteiger partial charge on any atom is 0.143 e. The molecule has 1 aromatic rings. The first kappa shape index (κ1) is 10.9. The van der Waals surface area contributed by atoms with E-state index in [1.807, 2.05) is 12.3 Å². The van der Waals surface area contributed by atoms with E-state index in [0.717, 1.165) is 36.5 Å². The third kappa shape index (κ3) is 2.32. The largest absolute Gasteiger partial charge is 0.353 e. The van der Waals surface area contributed by atoms with Gasteiger partial charge < -0.3 is 9.80 Å². The van der Waals surface area contributed by atoms with Crippen molar-refractivity contribution in [3.63, 3.8) is 0 Å². The molecule has 0 aliphatic carbocycles. The van der Waals surface area contributed by atoms with Gasteiger partial charge in [0.25, 0.3) is 0 Å². The number of aryl methyl sites for hydroxylation is 1. The Hall–Kier alpha value is -0.610. The normalized spacial score (nSPS) is 18.2. The SMILES string of the molecule is Cc1ccnc(N2CCN(C)CC2)c1Br. The van der Waals surface area contributed by atoms with E-state index in [4.69, 9.17) is 0 Å². The molecule has 0 bridgehead atoms. The highest BCUT2D eigenvalue weighted by molar-refractivity contribution is 9.10. The summed E-state index contributed by atoms with van der Waals surface area (Å²) < 4.78 is 1.13. The highest BCUT2D eigenvalue weighted by Gasteiger charge is 2.17. The van der Waals surface area contributed by atoms with Crippen molar-refractivity contribution in [2.75, 3.05) is 38.1 Å². The van der Waals surface area contributed by atoms with E-state index in [2.05, 4.69) is 44.7 Å². The van der Waals surface area contributed by atoms with Gasteiger partial charge >= 0.3 is 0 Å². The fraction of sp³-hybridized carbons (Fsp3) is 0.545. The van der Waals surface area contributed by atoms with Crippen LogP contribution in [0.1, 0.15) is 5.56 Å². The van der Waals surface area contributed by atoms with Gasteiger partial charge in [0.15, 0.2) is 0 Å². The van der Waals surface area contributed by atoms with Crippen molar-refractivity contribution in [2.24, 2.45) is 0 Å².